The largest absolute Gasteiger partial charge is 0.397 e. The molecular formula is C19H22N2O2. The maximum Gasteiger partial charge on any atom is 0.193 e. The summed E-state index contributed by atoms with van der Waals surface area (Å²) in [7, 11) is 0. The minimum atomic E-state index is 0.00730. The van der Waals surface area contributed by atoms with Gasteiger partial charge in [-0.15, -0.1) is 0 Å². The van der Waals surface area contributed by atoms with Gasteiger partial charge >= 0.3 is 0 Å². The lowest BCUT2D eigenvalue weighted by atomic mass is 10.0. The Morgan fingerprint density at radius 1 is 1.09 bits per heavy atom. The maximum atomic E-state index is 12.6. The third-order valence-corrected chi connectivity index (χ3v) is 4.27. The molecule has 3 rings (SSSR count). The van der Waals surface area contributed by atoms with E-state index in [1.165, 1.54) is 5.56 Å². The highest BCUT2D eigenvalue weighted by molar-refractivity contribution is 6.09. The predicted molar refractivity (Wildman–Crippen MR) is 93.1 cm³/mol. The van der Waals surface area contributed by atoms with Gasteiger partial charge in [-0.1, -0.05) is 31.2 Å². The Bertz CT molecular complexity index is 689. The van der Waals surface area contributed by atoms with Gasteiger partial charge in [0.05, 0.1) is 24.6 Å². The number of aryl methyl sites for hydroxylation is 1. The van der Waals surface area contributed by atoms with Gasteiger partial charge in [0.15, 0.2) is 5.78 Å². The summed E-state index contributed by atoms with van der Waals surface area (Å²) >= 11 is 0. The zero-order chi connectivity index (χ0) is 16.2. The van der Waals surface area contributed by atoms with Crippen molar-refractivity contribution in [3.05, 3.63) is 59.2 Å². The molecule has 0 bridgehead atoms. The van der Waals surface area contributed by atoms with E-state index in [-0.39, 0.29) is 5.78 Å². The molecule has 0 spiro atoms. The molecule has 2 aromatic rings. The molecule has 1 saturated heterocycles. The number of hydrogen-bond acceptors (Lipinski definition) is 4. The van der Waals surface area contributed by atoms with E-state index in [2.05, 4.69) is 11.8 Å². The SMILES string of the molecule is CCc1ccc(C(=O)c2ccc(N3CCOCC3)c(N)c2)cc1. The molecule has 0 saturated carbocycles. The Morgan fingerprint density at radius 2 is 1.74 bits per heavy atom. The van der Waals surface area contributed by atoms with Crippen molar-refractivity contribution in [1.29, 1.82) is 0 Å². The number of carbonyl (C=O) groups excluding carboxylic acids is 1. The summed E-state index contributed by atoms with van der Waals surface area (Å²) in [4.78, 5) is 14.8. The minimum absolute atomic E-state index is 0.00730. The monoisotopic (exact) mass is 310 g/mol. The van der Waals surface area contributed by atoms with E-state index in [1.807, 2.05) is 36.4 Å². The van der Waals surface area contributed by atoms with Crippen molar-refractivity contribution in [3.8, 4) is 0 Å². The van der Waals surface area contributed by atoms with Crippen LogP contribution in [0.1, 0.15) is 28.4 Å². The number of anilines is 2. The van der Waals surface area contributed by atoms with Crippen molar-refractivity contribution in [2.24, 2.45) is 0 Å². The average Bonchev–Trinajstić information content (AvgIpc) is 2.62. The quantitative estimate of drug-likeness (QED) is 0.697. The van der Waals surface area contributed by atoms with Crippen LogP contribution in [0.2, 0.25) is 0 Å². The predicted octanol–water partition coefficient (Wildman–Crippen LogP) is 2.90. The lowest BCUT2D eigenvalue weighted by Gasteiger charge is -2.30. The van der Waals surface area contributed by atoms with E-state index in [0.717, 1.165) is 25.2 Å². The number of nitrogens with two attached hydrogens (primary N) is 1. The molecule has 4 nitrogen and oxygen atoms in total. The Labute approximate surface area is 136 Å². The molecule has 1 heterocycles. The number of morpholine rings is 1. The van der Waals surface area contributed by atoms with Crippen LogP contribution in [-0.2, 0) is 11.2 Å². The summed E-state index contributed by atoms with van der Waals surface area (Å²) in [6.45, 7) is 5.18. The van der Waals surface area contributed by atoms with Crippen LogP contribution < -0.4 is 10.6 Å². The van der Waals surface area contributed by atoms with E-state index in [1.54, 1.807) is 6.07 Å². The lowest BCUT2D eigenvalue weighted by molar-refractivity contribution is 0.103. The van der Waals surface area contributed by atoms with Gasteiger partial charge in [-0.2, -0.15) is 0 Å². The zero-order valence-corrected chi connectivity index (χ0v) is 13.4. The highest BCUT2D eigenvalue weighted by Gasteiger charge is 2.16. The summed E-state index contributed by atoms with van der Waals surface area (Å²) in [6, 6.07) is 13.3. The molecule has 1 fully saturated rings. The fourth-order valence-electron chi connectivity index (χ4n) is 2.85. The van der Waals surface area contributed by atoms with Crippen molar-refractivity contribution < 1.29 is 9.53 Å². The number of benzene rings is 2. The van der Waals surface area contributed by atoms with Crippen molar-refractivity contribution in [2.75, 3.05) is 36.9 Å². The normalized spacial score (nSPS) is 14.7. The molecule has 1 aliphatic rings. The first-order valence-corrected chi connectivity index (χ1v) is 8.05. The minimum Gasteiger partial charge on any atom is -0.397 e. The topological polar surface area (TPSA) is 55.6 Å². The molecule has 4 heteroatoms. The van der Waals surface area contributed by atoms with Crippen LogP contribution in [0.3, 0.4) is 0 Å². The van der Waals surface area contributed by atoms with Crippen LogP contribution in [-0.4, -0.2) is 32.1 Å². The number of nitrogen functional groups attached to an aromatic ring is 1. The first-order valence-electron chi connectivity index (χ1n) is 8.05. The second-order valence-corrected chi connectivity index (χ2v) is 5.75. The second-order valence-electron chi connectivity index (χ2n) is 5.75. The van der Waals surface area contributed by atoms with Crippen LogP contribution in [0.25, 0.3) is 0 Å². The molecule has 0 unspecified atom stereocenters. The molecule has 0 radical (unpaired) electrons. The third-order valence-electron chi connectivity index (χ3n) is 4.27. The maximum absolute atomic E-state index is 12.6. The van der Waals surface area contributed by atoms with Crippen molar-refractivity contribution in [2.45, 2.75) is 13.3 Å². The fourth-order valence-corrected chi connectivity index (χ4v) is 2.85. The Balaban J connectivity index is 1.82. The number of rotatable bonds is 4. The van der Waals surface area contributed by atoms with E-state index in [4.69, 9.17) is 10.5 Å². The summed E-state index contributed by atoms with van der Waals surface area (Å²) in [5, 5.41) is 0. The zero-order valence-electron chi connectivity index (χ0n) is 13.4. The van der Waals surface area contributed by atoms with Gasteiger partial charge in [0, 0.05) is 24.2 Å². The molecule has 0 atom stereocenters. The number of ketones is 1. The van der Waals surface area contributed by atoms with Crippen molar-refractivity contribution >= 4 is 17.2 Å². The fraction of sp³-hybridized carbons (Fsp3) is 0.316. The smallest absolute Gasteiger partial charge is 0.193 e. The first kappa shape index (κ1) is 15.6. The number of carbonyl (C=O) groups is 1. The Morgan fingerprint density at radius 3 is 2.35 bits per heavy atom. The summed E-state index contributed by atoms with van der Waals surface area (Å²) in [5.41, 5.74) is 10.3. The van der Waals surface area contributed by atoms with E-state index in [9.17, 15) is 4.79 Å². The number of ether oxygens (including phenoxy) is 1. The van der Waals surface area contributed by atoms with E-state index < -0.39 is 0 Å². The third kappa shape index (κ3) is 3.37. The molecular weight excluding hydrogens is 288 g/mol. The Kier molecular flexibility index (Phi) is 4.63. The van der Waals surface area contributed by atoms with Gasteiger partial charge in [0.25, 0.3) is 0 Å². The van der Waals surface area contributed by atoms with Gasteiger partial charge in [-0.05, 0) is 30.2 Å². The molecule has 0 aliphatic carbocycles. The summed E-state index contributed by atoms with van der Waals surface area (Å²) < 4.78 is 5.36. The van der Waals surface area contributed by atoms with Gasteiger partial charge in [0.1, 0.15) is 0 Å². The van der Waals surface area contributed by atoms with Crippen molar-refractivity contribution in [1.82, 2.24) is 0 Å². The molecule has 120 valence electrons. The lowest BCUT2D eigenvalue weighted by Crippen LogP contribution is -2.36. The van der Waals surface area contributed by atoms with Crippen LogP contribution in [0, 0.1) is 0 Å². The van der Waals surface area contributed by atoms with Gasteiger partial charge in [0.2, 0.25) is 0 Å². The molecule has 0 aromatic heterocycles. The number of nitrogens with zero attached hydrogens (tertiary/aromatic N) is 1. The van der Waals surface area contributed by atoms with Crippen LogP contribution in [0.4, 0.5) is 11.4 Å². The van der Waals surface area contributed by atoms with Gasteiger partial charge in [-0.25, -0.2) is 0 Å². The second kappa shape index (κ2) is 6.84. The van der Waals surface area contributed by atoms with Gasteiger partial charge < -0.3 is 15.4 Å². The van der Waals surface area contributed by atoms with Crippen molar-refractivity contribution in [3.63, 3.8) is 0 Å². The Hall–Kier alpha value is -2.33. The molecule has 2 N–H and O–H groups in total. The standard InChI is InChI=1S/C19H22N2O2/c1-2-14-3-5-15(6-4-14)19(22)16-7-8-18(17(20)13-16)21-9-11-23-12-10-21/h3-8,13H,2,9-12,20H2,1H3. The first-order chi connectivity index (χ1) is 11.2. The molecule has 1 aliphatic heterocycles. The summed E-state index contributed by atoms with van der Waals surface area (Å²) in [5.74, 6) is 0.00730. The molecule has 23 heavy (non-hydrogen) atoms. The van der Waals surface area contributed by atoms with Crippen LogP contribution >= 0.6 is 0 Å². The van der Waals surface area contributed by atoms with Crippen LogP contribution in [0.5, 0.6) is 0 Å². The van der Waals surface area contributed by atoms with Gasteiger partial charge in [-0.3, -0.25) is 4.79 Å². The van der Waals surface area contributed by atoms with E-state index in [0.29, 0.717) is 30.0 Å². The molecule has 2 aromatic carbocycles. The molecule has 0 amide bonds. The highest BCUT2D eigenvalue weighted by atomic mass is 16.5. The van der Waals surface area contributed by atoms with E-state index >= 15 is 0 Å². The average molecular weight is 310 g/mol. The highest BCUT2D eigenvalue weighted by Crippen LogP contribution is 2.26. The van der Waals surface area contributed by atoms with Crippen LogP contribution in [0.15, 0.2) is 42.5 Å². The number of hydrogen-bond donors (Lipinski definition) is 1. The summed E-state index contributed by atoms with van der Waals surface area (Å²) in [6.07, 6.45) is 0.968.